The van der Waals surface area contributed by atoms with E-state index in [0.29, 0.717) is 33.7 Å². The van der Waals surface area contributed by atoms with Gasteiger partial charge in [-0.3, -0.25) is 4.39 Å². The predicted molar refractivity (Wildman–Crippen MR) is 121 cm³/mol. The Bertz CT molecular complexity index is 1030. The van der Waals surface area contributed by atoms with Gasteiger partial charge in [-0.2, -0.15) is 22.0 Å². The van der Waals surface area contributed by atoms with Gasteiger partial charge >= 0.3 is 12.1 Å². The summed E-state index contributed by atoms with van der Waals surface area (Å²) in [5, 5.41) is 28.5. The lowest BCUT2D eigenvalue weighted by atomic mass is 9.90. The van der Waals surface area contributed by atoms with Crippen molar-refractivity contribution in [3.63, 3.8) is 0 Å². The van der Waals surface area contributed by atoms with Crippen molar-refractivity contribution in [1.82, 2.24) is 0 Å². The van der Waals surface area contributed by atoms with Gasteiger partial charge in [0.1, 0.15) is 12.4 Å². The van der Waals surface area contributed by atoms with Crippen molar-refractivity contribution in [2.24, 2.45) is 0 Å². The number of alkyl halides is 6. The normalized spacial score (nSPS) is 15.0. The molecule has 2 aromatic rings. The summed E-state index contributed by atoms with van der Waals surface area (Å²) in [7, 11) is 0. The summed E-state index contributed by atoms with van der Waals surface area (Å²) in [5.74, 6) is -5.05. The summed E-state index contributed by atoms with van der Waals surface area (Å²) in [5.41, 5.74) is -2.01. The van der Waals surface area contributed by atoms with E-state index in [1.807, 2.05) is 0 Å². The Balaban J connectivity index is 2.17. The second kappa shape index (κ2) is 12.1. The van der Waals surface area contributed by atoms with Crippen molar-refractivity contribution in [3.8, 4) is 5.75 Å². The molecule has 0 aliphatic carbocycles. The number of halogens is 6. The van der Waals surface area contributed by atoms with Gasteiger partial charge in [0.15, 0.2) is 5.60 Å². The minimum Gasteiger partial charge on any atom is -0.488 e. The number of aliphatic hydroxyl groups is 3. The van der Waals surface area contributed by atoms with Crippen molar-refractivity contribution in [1.29, 1.82) is 0 Å². The molecule has 0 radical (unpaired) electrons. The number of aliphatic hydroxyl groups excluding tert-OH is 2. The zero-order valence-electron chi connectivity index (χ0n) is 18.8. The number of hydrogen-bond acceptors (Lipinski definition) is 5. The first-order chi connectivity index (χ1) is 16.4. The number of benzene rings is 1. The zero-order valence-corrected chi connectivity index (χ0v) is 19.6. The quantitative estimate of drug-likeness (QED) is 0.237. The first kappa shape index (κ1) is 28.9. The number of allylic oxidation sites excluding steroid dienone is 3. The lowest BCUT2D eigenvalue weighted by Crippen LogP contribution is -2.56. The summed E-state index contributed by atoms with van der Waals surface area (Å²) in [6, 6.07) is 8.39. The maximum absolute atomic E-state index is 13.8. The third-order valence-electron chi connectivity index (χ3n) is 5.30. The summed E-state index contributed by atoms with van der Waals surface area (Å²) < 4.78 is 84.1. The van der Waals surface area contributed by atoms with Crippen LogP contribution < -0.4 is 4.74 Å². The van der Waals surface area contributed by atoms with Gasteiger partial charge in [0.25, 0.3) is 0 Å². The second-order valence-electron chi connectivity index (χ2n) is 7.64. The van der Waals surface area contributed by atoms with Crippen molar-refractivity contribution in [3.05, 3.63) is 69.4 Å². The molecule has 0 saturated carbocycles. The van der Waals surface area contributed by atoms with Gasteiger partial charge in [0.05, 0.1) is 19.9 Å². The zero-order chi connectivity index (χ0) is 26.3. The van der Waals surface area contributed by atoms with Crippen LogP contribution in [0.15, 0.2) is 48.6 Å². The van der Waals surface area contributed by atoms with Gasteiger partial charge in [0.2, 0.25) is 0 Å². The van der Waals surface area contributed by atoms with E-state index >= 15 is 0 Å². The Morgan fingerprint density at radius 2 is 1.71 bits per heavy atom. The summed E-state index contributed by atoms with van der Waals surface area (Å²) in [6.07, 6.45) is -4.59. The van der Waals surface area contributed by atoms with Crippen molar-refractivity contribution >= 4 is 16.9 Å². The molecule has 0 fully saturated rings. The Kier molecular flexibility index (Phi) is 9.96. The van der Waals surface area contributed by atoms with Gasteiger partial charge in [-0.05, 0) is 53.5 Å². The highest BCUT2D eigenvalue weighted by Crippen LogP contribution is 2.45. The summed E-state index contributed by atoms with van der Waals surface area (Å²) in [6.45, 7) is -0.108. The molecule has 194 valence electrons. The molecule has 2 rings (SSSR count). The van der Waals surface area contributed by atoms with E-state index < -0.39 is 30.8 Å². The molecule has 11 heteroatoms. The number of thiophene rings is 1. The molecular formula is C24H26F6O4S. The van der Waals surface area contributed by atoms with Crippen LogP contribution >= 0.6 is 11.3 Å². The molecule has 0 aliphatic rings. The maximum Gasteiger partial charge on any atom is 0.456 e. The predicted octanol–water partition coefficient (Wildman–Crippen LogP) is 5.95. The van der Waals surface area contributed by atoms with Crippen LogP contribution in [-0.4, -0.2) is 39.7 Å². The van der Waals surface area contributed by atoms with Crippen molar-refractivity contribution in [2.45, 2.75) is 57.3 Å². The third-order valence-corrected chi connectivity index (χ3v) is 6.44. The molecule has 35 heavy (non-hydrogen) atoms. The number of hydrogen-bond donors (Lipinski definition) is 3. The van der Waals surface area contributed by atoms with Gasteiger partial charge < -0.3 is 20.1 Å². The standard InChI is InChI=1S/C24H26F6O4S/c1-2-16(4-3-9-22(33,10-11-25)23(26,27)24(28,29)30)21-8-7-20(35-21)15-34-19-6-5-17(13-31)18(12-19)14-32/h3-9,12,31-33H,2,10-11,13-15H2,1H3/b9-3+,16-4+. The monoisotopic (exact) mass is 524 g/mol. The van der Waals surface area contributed by atoms with Gasteiger partial charge in [0, 0.05) is 16.2 Å². The molecule has 1 aromatic heterocycles. The maximum atomic E-state index is 13.8. The first-order valence-corrected chi connectivity index (χ1v) is 11.4. The molecule has 4 nitrogen and oxygen atoms in total. The van der Waals surface area contributed by atoms with Crippen LogP contribution in [0.25, 0.3) is 5.57 Å². The van der Waals surface area contributed by atoms with Gasteiger partial charge in [-0.15, -0.1) is 11.3 Å². The topological polar surface area (TPSA) is 69.9 Å². The first-order valence-electron chi connectivity index (χ1n) is 10.6. The van der Waals surface area contributed by atoms with E-state index in [1.165, 1.54) is 17.4 Å². The van der Waals surface area contributed by atoms with Crippen LogP contribution in [0.3, 0.4) is 0 Å². The molecule has 1 unspecified atom stereocenters. The largest absolute Gasteiger partial charge is 0.488 e. The summed E-state index contributed by atoms with van der Waals surface area (Å²) >= 11 is 1.31. The van der Waals surface area contributed by atoms with E-state index in [0.717, 1.165) is 11.0 Å². The highest BCUT2D eigenvalue weighted by atomic mass is 32.1. The molecule has 0 saturated heterocycles. The average Bonchev–Trinajstić information content (AvgIpc) is 3.28. The summed E-state index contributed by atoms with van der Waals surface area (Å²) in [4.78, 5) is 1.50. The van der Waals surface area contributed by atoms with Crippen LogP contribution in [0.5, 0.6) is 5.75 Å². The van der Waals surface area contributed by atoms with Crippen LogP contribution in [0, 0.1) is 0 Å². The van der Waals surface area contributed by atoms with E-state index in [1.54, 1.807) is 37.3 Å². The number of ether oxygens (including phenoxy) is 1. The fourth-order valence-electron chi connectivity index (χ4n) is 3.21. The van der Waals surface area contributed by atoms with Gasteiger partial charge in [-0.1, -0.05) is 25.1 Å². The lowest BCUT2D eigenvalue weighted by Gasteiger charge is -2.33. The van der Waals surface area contributed by atoms with Crippen LogP contribution in [-0.2, 0) is 19.8 Å². The average molecular weight is 525 g/mol. The smallest absolute Gasteiger partial charge is 0.456 e. The Labute approximate surface area is 202 Å². The van der Waals surface area contributed by atoms with E-state index in [9.17, 15) is 41.7 Å². The third kappa shape index (κ3) is 6.87. The highest BCUT2D eigenvalue weighted by molar-refractivity contribution is 7.13. The molecule has 1 heterocycles. The van der Waals surface area contributed by atoms with Crippen molar-refractivity contribution in [2.75, 3.05) is 6.67 Å². The molecular weight excluding hydrogens is 498 g/mol. The van der Waals surface area contributed by atoms with Gasteiger partial charge in [-0.25, -0.2) is 0 Å². The van der Waals surface area contributed by atoms with E-state index in [4.69, 9.17) is 4.74 Å². The molecule has 1 aromatic carbocycles. The van der Waals surface area contributed by atoms with Crippen LogP contribution in [0.4, 0.5) is 26.3 Å². The van der Waals surface area contributed by atoms with E-state index in [-0.39, 0.29) is 25.9 Å². The minimum absolute atomic E-state index is 0.175. The second-order valence-corrected chi connectivity index (χ2v) is 8.81. The molecule has 0 amide bonds. The Morgan fingerprint density at radius 1 is 1.03 bits per heavy atom. The molecule has 0 bridgehead atoms. The molecule has 1 atom stereocenters. The fraction of sp³-hybridized carbons (Fsp3) is 0.417. The molecule has 3 N–H and O–H groups in total. The van der Waals surface area contributed by atoms with Crippen molar-refractivity contribution < 1.29 is 46.4 Å². The Morgan fingerprint density at radius 3 is 2.29 bits per heavy atom. The molecule has 0 spiro atoms. The fourth-order valence-corrected chi connectivity index (χ4v) is 4.22. The molecule has 0 aliphatic heterocycles. The highest BCUT2D eigenvalue weighted by Gasteiger charge is 2.68. The van der Waals surface area contributed by atoms with Crippen LogP contribution in [0.1, 0.15) is 40.6 Å². The SMILES string of the molecule is CC/C(=C\C=C\C(O)(CCF)C(F)(F)C(F)(F)F)c1ccc(COc2ccc(CO)c(CO)c2)s1. The lowest BCUT2D eigenvalue weighted by molar-refractivity contribution is -0.332. The Hall–Kier alpha value is -2.34. The van der Waals surface area contributed by atoms with Crippen LogP contribution in [0.2, 0.25) is 0 Å². The van der Waals surface area contributed by atoms with E-state index in [2.05, 4.69) is 0 Å². The minimum atomic E-state index is -6.04. The number of rotatable bonds is 12.